The van der Waals surface area contributed by atoms with E-state index >= 15 is 0 Å². The van der Waals surface area contributed by atoms with Crippen molar-refractivity contribution in [2.24, 2.45) is 0 Å². The molecule has 0 atom stereocenters. The zero-order valence-electron chi connectivity index (χ0n) is 7.25. The number of aliphatic carboxylic acids is 1. The highest BCUT2D eigenvalue weighted by molar-refractivity contribution is 6.35. The van der Waals surface area contributed by atoms with Gasteiger partial charge < -0.3 is 10.1 Å². The lowest BCUT2D eigenvalue weighted by molar-refractivity contribution is -0.136. The van der Waals surface area contributed by atoms with Gasteiger partial charge in [0, 0.05) is 17.1 Å². The molecule has 1 aromatic heterocycles. The van der Waals surface area contributed by atoms with Gasteiger partial charge in [-0.1, -0.05) is 17.7 Å². The van der Waals surface area contributed by atoms with E-state index in [1.54, 1.807) is 12.3 Å². The molecule has 2 N–H and O–H groups in total. The molecule has 0 unspecified atom stereocenters. The highest BCUT2D eigenvalue weighted by Crippen LogP contribution is 2.26. The smallest absolute Gasteiger partial charge is 0.307 e. The molecule has 1 heterocycles. The van der Waals surface area contributed by atoms with Gasteiger partial charge in [0.1, 0.15) is 0 Å². The van der Waals surface area contributed by atoms with Crippen molar-refractivity contribution in [3.8, 4) is 0 Å². The topological polar surface area (TPSA) is 53.1 Å². The fraction of sp³-hybridized carbons (Fsp3) is 0.100. The van der Waals surface area contributed by atoms with E-state index in [1.165, 1.54) is 0 Å². The van der Waals surface area contributed by atoms with Gasteiger partial charge in [-0.05, 0) is 17.7 Å². The number of aromatic nitrogens is 1. The van der Waals surface area contributed by atoms with Crippen molar-refractivity contribution in [1.82, 2.24) is 4.98 Å². The summed E-state index contributed by atoms with van der Waals surface area (Å²) in [5, 5.41) is 10.1. The van der Waals surface area contributed by atoms with E-state index < -0.39 is 5.97 Å². The number of halogens is 1. The zero-order chi connectivity index (χ0) is 10.1. The van der Waals surface area contributed by atoms with Crippen LogP contribution in [0.5, 0.6) is 0 Å². The van der Waals surface area contributed by atoms with Crippen LogP contribution in [0.15, 0.2) is 24.4 Å². The van der Waals surface area contributed by atoms with Crippen molar-refractivity contribution in [2.45, 2.75) is 6.42 Å². The minimum atomic E-state index is -0.856. The van der Waals surface area contributed by atoms with Crippen LogP contribution >= 0.6 is 11.6 Å². The van der Waals surface area contributed by atoms with Crippen LogP contribution in [0, 0.1) is 0 Å². The molecule has 0 saturated carbocycles. The van der Waals surface area contributed by atoms with Gasteiger partial charge in [-0.25, -0.2) is 0 Å². The fourth-order valence-corrected chi connectivity index (χ4v) is 1.81. The molecule has 72 valence electrons. The Morgan fingerprint density at radius 3 is 3.00 bits per heavy atom. The Bertz CT molecular complexity index is 490. The highest BCUT2D eigenvalue weighted by atomic mass is 35.5. The fourth-order valence-electron chi connectivity index (χ4n) is 1.51. The molecule has 0 aliphatic carbocycles. The second-order valence-electron chi connectivity index (χ2n) is 3.05. The third-order valence-corrected chi connectivity index (χ3v) is 2.39. The second kappa shape index (κ2) is 3.35. The van der Waals surface area contributed by atoms with Crippen molar-refractivity contribution in [3.05, 3.63) is 35.0 Å². The Kier molecular flexibility index (Phi) is 2.17. The molecular formula is C10H8ClNO2. The van der Waals surface area contributed by atoms with Crippen LogP contribution in [-0.2, 0) is 11.2 Å². The highest BCUT2D eigenvalue weighted by Gasteiger charge is 2.09. The number of carbonyl (C=O) groups is 1. The van der Waals surface area contributed by atoms with E-state index in [0.717, 1.165) is 16.5 Å². The van der Waals surface area contributed by atoms with Crippen molar-refractivity contribution in [3.63, 3.8) is 0 Å². The van der Waals surface area contributed by atoms with Crippen molar-refractivity contribution >= 4 is 28.5 Å². The minimum Gasteiger partial charge on any atom is -0.481 e. The largest absolute Gasteiger partial charge is 0.481 e. The summed E-state index contributed by atoms with van der Waals surface area (Å²) in [7, 11) is 0. The Balaban J connectivity index is 2.61. The standard InChI is InChI=1S/C10H8ClNO2/c11-7-2-1-3-8-10(7)6(5-12-8)4-9(13)14/h1-3,5,12H,4H2,(H,13,14). The molecule has 0 spiro atoms. The first-order valence-corrected chi connectivity index (χ1v) is 4.52. The number of carboxylic acid groups (broad SMARTS) is 1. The Labute approximate surface area is 85.3 Å². The lowest BCUT2D eigenvalue weighted by atomic mass is 10.1. The predicted octanol–water partition coefficient (Wildman–Crippen LogP) is 2.45. The first-order valence-electron chi connectivity index (χ1n) is 4.15. The van der Waals surface area contributed by atoms with E-state index in [1.807, 2.05) is 12.1 Å². The van der Waals surface area contributed by atoms with Crippen LogP contribution in [0.2, 0.25) is 5.02 Å². The van der Waals surface area contributed by atoms with E-state index in [4.69, 9.17) is 16.7 Å². The first-order chi connectivity index (χ1) is 6.68. The number of H-pyrrole nitrogens is 1. The summed E-state index contributed by atoms with van der Waals surface area (Å²) in [4.78, 5) is 13.6. The van der Waals surface area contributed by atoms with Gasteiger partial charge in [0.05, 0.1) is 11.4 Å². The van der Waals surface area contributed by atoms with Crippen LogP contribution in [0.4, 0.5) is 0 Å². The minimum absolute atomic E-state index is 0.0102. The van der Waals surface area contributed by atoms with Gasteiger partial charge in [-0.15, -0.1) is 0 Å². The summed E-state index contributed by atoms with van der Waals surface area (Å²) in [5.41, 5.74) is 1.59. The van der Waals surface area contributed by atoms with Crippen molar-refractivity contribution < 1.29 is 9.90 Å². The SMILES string of the molecule is O=C(O)Cc1c[nH]c2cccc(Cl)c12. The van der Waals surface area contributed by atoms with Crippen LogP contribution in [0.3, 0.4) is 0 Å². The molecule has 0 aliphatic heterocycles. The molecule has 14 heavy (non-hydrogen) atoms. The number of nitrogens with one attached hydrogen (secondary N) is 1. The summed E-state index contributed by atoms with van der Waals surface area (Å²) in [6.45, 7) is 0. The third kappa shape index (κ3) is 1.46. The van der Waals surface area contributed by atoms with E-state index in [-0.39, 0.29) is 6.42 Å². The summed E-state index contributed by atoms with van der Waals surface area (Å²) in [5.74, 6) is -0.856. The van der Waals surface area contributed by atoms with E-state index in [0.29, 0.717) is 5.02 Å². The molecule has 0 amide bonds. The maximum absolute atomic E-state index is 10.6. The summed E-state index contributed by atoms with van der Waals surface area (Å²) in [6.07, 6.45) is 1.67. The monoisotopic (exact) mass is 209 g/mol. The van der Waals surface area contributed by atoms with Crippen LogP contribution in [0.25, 0.3) is 10.9 Å². The summed E-state index contributed by atoms with van der Waals surface area (Å²) in [6, 6.07) is 5.45. The number of benzene rings is 1. The summed E-state index contributed by atoms with van der Waals surface area (Å²) >= 11 is 5.97. The molecule has 0 radical (unpaired) electrons. The lowest BCUT2D eigenvalue weighted by Gasteiger charge is -1.96. The summed E-state index contributed by atoms with van der Waals surface area (Å²) < 4.78 is 0. The third-order valence-electron chi connectivity index (χ3n) is 2.08. The number of rotatable bonds is 2. The molecule has 2 rings (SSSR count). The van der Waals surface area contributed by atoms with Crippen molar-refractivity contribution in [1.29, 1.82) is 0 Å². The van der Waals surface area contributed by atoms with Crippen molar-refractivity contribution in [2.75, 3.05) is 0 Å². The number of carboxylic acids is 1. The van der Waals surface area contributed by atoms with Crippen LogP contribution in [0.1, 0.15) is 5.56 Å². The molecule has 0 aliphatic rings. The zero-order valence-corrected chi connectivity index (χ0v) is 8.01. The van der Waals surface area contributed by atoms with E-state index in [2.05, 4.69) is 4.98 Å². The number of aromatic amines is 1. The van der Waals surface area contributed by atoms with Gasteiger partial charge in [0.2, 0.25) is 0 Å². The van der Waals surface area contributed by atoms with Gasteiger partial charge in [-0.2, -0.15) is 0 Å². The van der Waals surface area contributed by atoms with Gasteiger partial charge in [0.25, 0.3) is 0 Å². The van der Waals surface area contributed by atoms with Crippen LogP contribution < -0.4 is 0 Å². The Hall–Kier alpha value is -1.48. The molecule has 0 saturated heterocycles. The normalized spacial score (nSPS) is 10.6. The average molecular weight is 210 g/mol. The molecule has 2 aromatic rings. The van der Waals surface area contributed by atoms with Gasteiger partial charge in [-0.3, -0.25) is 4.79 Å². The Morgan fingerprint density at radius 2 is 2.29 bits per heavy atom. The molecule has 0 fully saturated rings. The van der Waals surface area contributed by atoms with Crippen LogP contribution in [-0.4, -0.2) is 16.1 Å². The van der Waals surface area contributed by atoms with Gasteiger partial charge in [0.15, 0.2) is 0 Å². The molecule has 4 heteroatoms. The quantitative estimate of drug-likeness (QED) is 0.798. The maximum atomic E-state index is 10.6. The number of hydrogen-bond donors (Lipinski definition) is 2. The molecular weight excluding hydrogens is 202 g/mol. The number of fused-ring (bicyclic) bond motifs is 1. The second-order valence-corrected chi connectivity index (χ2v) is 3.45. The predicted molar refractivity (Wildman–Crippen MR) is 54.6 cm³/mol. The molecule has 1 aromatic carbocycles. The first kappa shape index (κ1) is 9.09. The molecule has 3 nitrogen and oxygen atoms in total. The maximum Gasteiger partial charge on any atom is 0.307 e. The molecule has 0 bridgehead atoms. The van der Waals surface area contributed by atoms with E-state index in [9.17, 15) is 4.79 Å². The average Bonchev–Trinajstić information content (AvgIpc) is 2.49. The Morgan fingerprint density at radius 1 is 1.50 bits per heavy atom. The lowest BCUT2D eigenvalue weighted by Crippen LogP contribution is -1.98. The number of hydrogen-bond acceptors (Lipinski definition) is 1. The van der Waals surface area contributed by atoms with Gasteiger partial charge >= 0.3 is 5.97 Å².